The first-order chi connectivity index (χ1) is 11.4. The predicted molar refractivity (Wildman–Crippen MR) is 89.7 cm³/mol. The van der Waals surface area contributed by atoms with Crippen LogP contribution < -0.4 is 0 Å². The van der Waals surface area contributed by atoms with E-state index in [0.717, 1.165) is 22.6 Å². The average Bonchev–Trinajstić information content (AvgIpc) is 3.14. The summed E-state index contributed by atoms with van der Waals surface area (Å²) in [6.45, 7) is 6.34. The first kappa shape index (κ1) is 17.8. The van der Waals surface area contributed by atoms with Crippen LogP contribution in [0.25, 0.3) is 0 Å². The van der Waals surface area contributed by atoms with Crippen molar-refractivity contribution in [3.8, 4) is 0 Å². The number of nitrogens with zero attached hydrogens (tertiary/aromatic N) is 1. The number of carbonyl (C=O) groups excluding carboxylic acids is 2. The third-order valence-electron chi connectivity index (χ3n) is 4.06. The molecule has 0 fully saturated rings. The molecule has 0 saturated heterocycles. The molecule has 0 aliphatic heterocycles. The lowest BCUT2D eigenvalue weighted by molar-refractivity contribution is -0.130. The molecule has 0 unspecified atom stereocenters. The van der Waals surface area contributed by atoms with Crippen LogP contribution >= 0.6 is 0 Å². The van der Waals surface area contributed by atoms with Crippen molar-refractivity contribution >= 4 is 11.9 Å². The molecule has 24 heavy (non-hydrogen) atoms. The molecule has 0 saturated carbocycles. The van der Waals surface area contributed by atoms with Crippen LogP contribution in [-0.2, 0) is 22.5 Å². The summed E-state index contributed by atoms with van der Waals surface area (Å²) in [4.78, 5) is 28.9. The SMILES string of the molecule is CCOC(=O)c1[nH]c(C)c(CCC(=O)N(C)Cc2ccco2)c1C. The quantitative estimate of drug-likeness (QED) is 0.791. The van der Waals surface area contributed by atoms with E-state index in [4.69, 9.17) is 9.15 Å². The van der Waals surface area contributed by atoms with Gasteiger partial charge in [0.15, 0.2) is 0 Å². The zero-order chi connectivity index (χ0) is 17.7. The fraction of sp³-hybridized carbons (Fsp3) is 0.444. The fourth-order valence-electron chi connectivity index (χ4n) is 2.72. The Balaban J connectivity index is 1.98. The number of aryl methyl sites for hydroxylation is 1. The highest BCUT2D eigenvalue weighted by Crippen LogP contribution is 2.21. The summed E-state index contributed by atoms with van der Waals surface area (Å²) in [5, 5.41) is 0. The Morgan fingerprint density at radius 2 is 2.08 bits per heavy atom. The Kier molecular flexibility index (Phi) is 5.84. The molecule has 6 heteroatoms. The van der Waals surface area contributed by atoms with Crippen molar-refractivity contribution in [1.82, 2.24) is 9.88 Å². The van der Waals surface area contributed by atoms with Crippen molar-refractivity contribution in [3.05, 3.63) is 46.7 Å². The van der Waals surface area contributed by atoms with Gasteiger partial charge in [-0.25, -0.2) is 4.79 Å². The summed E-state index contributed by atoms with van der Waals surface area (Å²) in [5.74, 6) is 0.430. The molecule has 2 rings (SSSR count). The van der Waals surface area contributed by atoms with Crippen LogP contribution in [0, 0.1) is 13.8 Å². The molecule has 2 aromatic heterocycles. The summed E-state index contributed by atoms with van der Waals surface area (Å²) >= 11 is 0. The second-order valence-electron chi connectivity index (χ2n) is 5.78. The van der Waals surface area contributed by atoms with Crippen molar-refractivity contribution in [3.63, 3.8) is 0 Å². The van der Waals surface area contributed by atoms with Crippen molar-refractivity contribution in [2.45, 2.75) is 40.2 Å². The number of H-pyrrole nitrogens is 1. The maximum absolute atomic E-state index is 12.3. The van der Waals surface area contributed by atoms with Gasteiger partial charge >= 0.3 is 5.97 Å². The Morgan fingerprint density at radius 3 is 2.71 bits per heavy atom. The van der Waals surface area contributed by atoms with Gasteiger partial charge in [0.05, 0.1) is 19.4 Å². The molecule has 0 atom stereocenters. The molecule has 0 radical (unpaired) electrons. The molecule has 2 heterocycles. The van der Waals surface area contributed by atoms with Gasteiger partial charge in [0.2, 0.25) is 5.91 Å². The van der Waals surface area contributed by atoms with Gasteiger partial charge < -0.3 is 19.0 Å². The van der Waals surface area contributed by atoms with Gasteiger partial charge in [-0.3, -0.25) is 4.79 Å². The molecule has 1 N–H and O–H groups in total. The second kappa shape index (κ2) is 7.86. The predicted octanol–water partition coefficient (Wildman–Crippen LogP) is 2.99. The lowest BCUT2D eigenvalue weighted by atomic mass is 10.0. The summed E-state index contributed by atoms with van der Waals surface area (Å²) < 4.78 is 10.3. The van der Waals surface area contributed by atoms with E-state index in [1.165, 1.54) is 0 Å². The normalized spacial score (nSPS) is 10.7. The zero-order valence-corrected chi connectivity index (χ0v) is 14.6. The number of nitrogens with one attached hydrogen (secondary N) is 1. The van der Waals surface area contributed by atoms with Crippen molar-refractivity contribution < 1.29 is 18.7 Å². The summed E-state index contributed by atoms with van der Waals surface area (Å²) in [6.07, 6.45) is 2.55. The molecule has 130 valence electrons. The van der Waals surface area contributed by atoms with Crippen molar-refractivity contribution in [1.29, 1.82) is 0 Å². The minimum Gasteiger partial charge on any atom is -0.467 e. The van der Waals surface area contributed by atoms with E-state index < -0.39 is 0 Å². The van der Waals surface area contributed by atoms with E-state index in [1.54, 1.807) is 31.2 Å². The number of ether oxygens (including phenoxy) is 1. The van der Waals surface area contributed by atoms with E-state index >= 15 is 0 Å². The van der Waals surface area contributed by atoms with Gasteiger partial charge in [-0.2, -0.15) is 0 Å². The molecule has 1 amide bonds. The van der Waals surface area contributed by atoms with Crippen molar-refractivity contribution in [2.24, 2.45) is 0 Å². The number of amides is 1. The Morgan fingerprint density at radius 1 is 1.33 bits per heavy atom. The second-order valence-corrected chi connectivity index (χ2v) is 5.78. The Labute approximate surface area is 141 Å². The van der Waals surface area contributed by atoms with E-state index in [1.807, 2.05) is 19.9 Å². The molecule has 0 bridgehead atoms. The lowest BCUT2D eigenvalue weighted by Gasteiger charge is -2.15. The number of carbonyl (C=O) groups is 2. The molecule has 2 aromatic rings. The van der Waals surface area contributed by atoms with Gasteiger partial charge in [0, 0.05) is 19.2 Å². The van der Waals surface area contributed by atoms with Gasteiger partial charge in [-0.05, 0) is 50.5 Å². The smallest absolute Gasteiger partial charge is 0.355 e. The highest BCUT2D eigenvalue weighted by molar-refractivity contribution is 5.90. The first-order valence-electron chi connectivity index (χ1n) is 8.05. The van der Waals surface area contributed by atoms with Gasteiger partial charge in [0.25, 0.3) is 0 Å². The zero-order valence-electron chi connectivity index (χ0n) is 14.6. The maximum atomic E-state index is 12.3. The average molecular weight is 332 g/mol. The minimum absolute atomic E-state index is 0.0316. The number of rotatable bonds is 7. The Bertz CT molecular complexity index is 701. The van der Waals surface area contributed by atoms with Crippen LogP contribution in [0.1, 0.15) is 46.4 Å². The molecule has 6 nitrogen and oxygen atoms in total. The Hall–Kier alpha value is -2.50. The van der Waals surface area contributed by atoms with Crippen LogP contribution in [0.2, 0.25) is 0 Å². The molecule has 0 aliphatic carbocycles. The fourth-order valence-corrected chi connectivity index (χ4v) is 2.72. The van der Waals surface area contributed by atoms with Crippen molar-refractivity contribution in [2.75, 3.05) is 13.7 Å². The van der Waals surface area contributed by atoms with Gasteiger partial charge in [-0.15, -0.1) is 0 Å². The monoisotopic (exact) mass is 332 g/mol. The number of esters is 1. The van der Waals surface area contributed by atoms with Crippen LogP contribution in [0.3, 0.4) is 0 Å². The topological polar surface area (TPSA) is 75.5 Å². The number of hydrogen-bond donors (Lipinski definition) is 1. The number of hydrogen-bond acceptors (Lipinski definition) is 4. The maximum Gasteiger partial charge on any atom is 0.355 e. The lowest BCUT2D eigenvalue weighted by Crippen LogP contribution is -2.26. The first-order valence-corrected chi connectivity index (χ1v) is 8.05. The van der Waals surface area contributed by atoms with Gasteiger partial charge in [0.1, 0.15) is 11.5 Å². The summed E-state index contributed by atoms with van der Waals surface area (Å²) in [5.41, 5.74) is 3.23. The molecule has 0 aromatic carbocycles. The third-order valence-corrected chi connectivity index (χ3v) is 4.06. The van der Waals surface area contributed by atoms with Crippen LogP contribution in [-0.4, -0.2) is 35.4 Å². The molecular formula is C18H24N2O4. The highest BCUT2D eigenvalue weighted by Gasteiger charge is 2.19. The van der Waals surface area contributed by atoms with E-state index in [9.17, 15) is 9.59 Å². The minimum atomic E-state index is -0.356. The third kappa shape index (κ3) is 4.07. The van der Waals surface area contributed by atoms with Gasteiger partial charge in [-0.1, -0.05) is 0 Å². The molecule has 0 spiro atoms. The molecule has 0 aliphatic rings. The van der Waals surface area contributed by atoms with E-state index in [0.29, 0.717) is 31.7 Å². The van der Waals surface area contributed by atoms with Crippen LogP contribution in [0.4, 0.5) is 0 Å². The van der Waals surface area contributed by atoms with Crippen LogP contribution in [0.5, 0.6) is 0 Å². The number of aromatic nitrogens is 1. The van der Waals surface area contributed by atoms with E-state index in [2.05, 4.69) is 4.98 Å². The summed E-state index contributed by atoms with van der Waals surface area (Å²) in [6, 6.07) is 3.65. The standard InChI is InChI=1S/C18H24N2O4/c1-5-23-18(22)17-12(2)15(13(3)19-17)8-9-16(21)20(4)11-14-7-6-10-24-14/h6-7,10,19H,5,8-9,11H2,1-4H3. The van der Waals surface area contributed by atoms with E-state index in [-0.39, 0.29) is 11.9 Å². The number of aromatic amines is 1. The largest absolute Gasteiger partial charge is 0.467 e. The number of furan rings is 1. The van der Waals surface area contributed by atoms with Crippen LogP contribution in [0.15, 0.2) is 22.8 Å². The highest BCUT2D eigenvalue weighted by atomic mass is 16.5. The molecular weight excluding hydrogens is 308 g/mol. The summed E-state index contributed by atoms with van der Waals surface area (Å²) in [7, 11) is 1.76.